The number of halogens is 3. The highest BCUT2D eigenvalue weighted by Crippen LogP contribution is 2.30. The Hall–Kier alpha value is -3.86. The smallest absolute Gasteiger partial charge is 0.381 e. The molecule has 0 aliphatic rings. The monoisotopic (exact) mass is 561 g/mol. The molecule has 0 aromatic heterocycles. The fourth-order valence-corrected chi connectivity index (χ4v) is 4.61. The van der Waals surface area contributed by atoms with Gasteiger partial charge in [-0.25, -0.2) is 8.42 Å². The highest BCUT2D eigenvalue weighted by molar-refractivity contribution is 7.91. The number of nitrogens with one attached hydrogen (secondary N) is 3. The highest BCUT2D eigenvalue weighted by atomic mass is 32.2. The van der Waals surface area contributed by atoms with Gasteiger partial charge in [-0.3, -0.25) is 9.59 Å². The zero-order valence-corrected chi connectivity index (χ0v) is 22.5. The first-order valence-electron chi connectivity index (χ1n) is 12.2. The van der Waals surface area contributed by atoms with Gasteiger partial charge in [-0.15, -0.1) is 0 Å². The van der Waals surface area contributed by atoms with Crippen molar-refractivity contribution in [1.29, 1.82) is 0 Å². The first kappa shape index (κ1) is 29.7. The lowest BCUT2D eigenvalue weighted by Crippen LogP contribution is -2.19. The fraction of sp³-hybridized carbons (Fsp3) is 0.286. The summed E-state index contributed by atoms with van der Waals surface area (Å²) in [4.78, 5) is 25.5. The number of sulfone groups is 1. The Morgan fingerprint density at radius 2 is 1.33 bits per heavy atom. The van der Waals surface area contributed by atoms with E-state index in [1.54, 1.807) is 37.3 Å². The van der Waals surface area contributed by atoms with Crippen molar-refractivity contribution in [3.05, 3.63) is 83.4 Å². The third-order valence-electron chi connectivity index (χ3n) is 5.69. The van der Waals surface area contributed by atoms with Crippen LogP contribution in [-0.4, -0.2) is 32.0 Å². The second kappa shape index (κ2) is 12.3. The van der Waals surface area contributed by atoms with Gasteiger partial charge in [-0.1, -0.05) is 31.2 Å². The molecule has 0 heterocycles. The molecule has 7 nitrogen and oxygen atoms in total. The molecule has 0 atom stereocenters. The Balaban J connectivity index is 1.70. The largest absolute Gasteiger partial charge is 0.416 e. The van der Waals surface area contributed by atoms with E-state index < -0.39 is 27.5 Å². The molecule has 0 spiro atoms. The van der Waals surface area contributed by atoms with E-state index >= 15 is 0 Å². The van der Waals surface area contributed by atoms with E-state index in [1.165, 1.54) is 24.3 Å². The summed E-state index contributed by atoms with van der Waals surface area (Å²) < 4.78 is 62.4. The van der Waals surface area contributed by atoms with Crippen molar-refractivity contribution in [1.82, 2.24) is 0 Å². The Labute approximate surface area is 225 Å². The van der Waals surface area contributed by atoms with Gasteiger partial charge in [0.15, 0.2) is 9.84 Å². The zero-order chi connectivity index (χ0) is 28.8. The zero-order valence-electron chi connectivity index (χ0n) is 21.7. The van der Waals surface area contributed by atoms with Crippen LogP contribution in [0.25, 0.3) is 0 Å². The lowest BCUT2D eigenvalue weighted by molar-refractivity contribution is -0.137. The van der Waals surface area contributed by atoms with Crippen molar-refractivity contribution in [2.24, 2.45) is 0 Å². The van der Waals surface area contributed by atoms with Crippen LogP contribution in [0.15, 0.2) is 71.6 Å². The van der Waals surface area contributed by atoms with Gasteiger partial charge < -0.3 is 16.0 Å². The van der Waals surface area contributed by atoms with Crippen LogP contribution in [-0.2, 0) is 38.4 Å². The first-order chi connectivity index (χ1) is 18.3. The highest BCUT2D eigenvalue weighted by Gasteiger charge is 2.30. The second-order valence-corrected chi connectivity index (χ2v) is 11.5. The van der Waals surface area contributed by atoms with Gasteiger partial charge in [0.1, 0.15) is 0 Å². The molecule has 0 unspecified atom stereocenters. The molecule has 3 rings (SSSR count). The first-order valence-corrected chi connectivity index (χ1v) is 13.9. The van der Waals surface area contributed by atoms with Crippen LogP contribution in [0.2, 0.25) is 0 Å². The minimum absolute atomic E-state index is 0.00800. The maximum Gasteiger partial charge on any atom is 0.416 e. The van der Waals surface area contributed by atoms with Crippen molar-refractivity contribution < 1.29 is 31.2 Å². The van der Waals surface area contributed by atoms with Gasteiger partial charge in [0, 0.05) is 11.7 Å². The molecule has 0 aliphatic carbocycles. The minimum atomic E-state index is -4.46. The minimum Gasteiger partial charge on any atom is -0.381 e. The molecular formula is C28H30F3N3O4S. The molecule has 11 heteroatoms. The fourth-order valence-electron chi connectivity index (χ4n) is 3.73. The Kier molecular flexibility index (Phi) is 9.39. The number of hydrogen-bond donors (Lipinski definition) is 3. The molecule has 0 radical (unpaired) electrons. The van der Waals surface area contributed by atoms with Gasteiger partial charge in [0.2, 0.25) is 11.8 Å². The van der Waals surface area contributed by atoms with Crippen molar-refractivity contribution in [3.63, 3.8) is 0 Å². The van der Waals surface area contributed by atoms with Crippen LogP contribution < -0.4 is 16.0 Å². The van der Waals surface area contributed by atoms with Crippen LogP contribution >= 0.6 is 0 Å². The van der Waals surface area contributed by atoms with Gasteiger partial charge in [0.25, 0.3) is 0 Å². The molecule has 0 aliphatic heterocycles. The lowest BCUT2D eigenvalue weighted by atomic mass is 10.1. The molecule has 2 amide bonds. The number of carbonyl (C=O) groups is 2. The second-order valence-electron chi connectivity index (χ2n) is 9.25. The Bertz CT molecular complexity index is 1420. The molecule has 208 valence electrons. The average Bonchev–Trinajstić information content (AvgIpc) is 2.85. The summed E-state index contributed by atoms with van der Waals surface area (Å²) >= 11 is 0. The standard InChI is InChI=1S/C28H30F3N3O4S/c1-4-39(37,38)23-12-7-20(8-13-23)15-26(35)33-22-11-14-24(32-18(2)3)25(17-22)34-27(36)16-19-5-9-21(10-6-19)28(29,30)31/h5-14,17-18,32H,4,15-16H2,1-3H3,(H,33,35)(H,34,36). The summed E-state index contributed by atoms with van der Waals surface area (Å²) in [7, 11) is -3.33. The normalized spacial score (nSPS) is 11.8. The van der Waals surface area contributed by atoms with Crippen LogP contribution in [0, 0.1) is 0 Å². The summed E-state index contributed by atoms with van der Waals surface area (Å²) in [5, 5.41) is 8.74. The molecule has 0 fully saturated rings. The van der Waals surface area contributed by atoms with Crippen LogP contribution in [0.3, 0.4) is 0 Å². The molecule has 3 aromatic rings. The maximum atomic E-state index is 12.8. The SMILES string of the molecule is CCS(=O)(=O)c1ccc(CC(=O)Nc2ccc(NC(C)C)c(NC(=O)Cc3ccc(C(F)(F)F)cc3)c2)cc1. The number of rotatable bonds is 10. The van der Waals surface area contributed by atoms with E-state index in [-0.39, 0.29) is 35.4 Å². The van der Waals surface area contributed by atoms with Crippen LogP contribution in [0.1, 0.15) is 37.5 Å². The van der Waals surface area contributed by atoms with Gasteiger partial charge in [-0.2, -0.15) is 13.2 Å². The van der Waals surface area contributed by atoms with Crippen LogP contribution in [0.5, 0.6) is 0 Å². The molecule has 3 aromatic carbocycles. The third kappa shape index (κ3) is 8.57. The Morgan fingerprint density at radius 1 is 0.795 bits per heavy atom. The summed E-state index contributed by atoms with van der Waals surface area (Å²) in [6, 6.07) is 15.5. The topological polar surface area (TPSA) is 104 Å². The number of alkyl halides is 3. The van der Waals surface area contributed by atoms with Crippen molar-refractivity contribution >= 4 is 38.7 Å². The molecule has 0 saturated heterocycles. The molecular weight excluding hydrogens is 531 g/mol. The number of benzene rings is 3. The van der Waals surface area contributed by atoms with Crippen molar-refractivity contribution in [2.75, 3.05) is 21.7 Å². The molecule has 0 bridgehead atoms. The van der Waals surface area contributed by atoms with E-state index in [0.717, 1.165) is 12.1 Å². The summed E-state index contributed by atoms with van der Waals surface area (Å²) in [6.07, 6.45) is -4.59. The quantitative estimate of drug-likeness (QED) is 0.295. The predicted molar refractivity (Wildman–Crippen MR) is 145 cm³/mol. The van der Waals surface area contributed by atoms with E-state index in [2.05, 4.69) is 16.0 Å². The number of anilines is 3. The molecule has 39 heavy (non-hydrogen) atoms. The molecule has 3 N–H and O–H groups in total. The van der Waals surface area contributed by atoms with E-state index in [1.807, 2.05) is 13.8 Å². The average molecular weight is 562 g/mol. The number of amides is 2. The van der Waals surface area contributed by atoms with E-state index in [4.69, 9.17) is 0 Å². The van der Waals surface area contributed by atoms with Gasteiger partial charge in [0.05, 0.1) is 40.4 Å². The van der Waals surface area contributed by atoms with Gasteiger partial charge in [-0.05, 0) is 67.4 Å². The van der Waals surface area contributed by atoms with E-state index in [9.17, 15) is 31.2 Å². The van der Waals surface area contributed by atoms with Crippen molar-refractivity contribution in [3.8, 4) is 0 Å². The number of carbonyl (C=O) groups excluding carboxylic acids is 2. The lowest BCUT2D eigenvalue weighted by Gasteiger charge is -2.17. The summed E-state index contributed by atoms with van der Waals surface area (Å²) in [5.74, 6) is -0.794. The third-order valence-corrected chi connectivity index (χ3v) is 7.45. The summed E-state index contributed by atoms with van der Waals surface area (Å²) in [6.45, 7) is 5.39. The van der Waals surface area contributed by atoms with Crippen molar-refractivity contribution in [2.45, 2.75) is 50.7 Å². The molecule has 0 saturated carbocycles. The van der Waals surface area contributed by atoms with Gasteiger partial charge >= 0.3 is 6.18 Å². The van der Waals surface area contributed by atoms with Crippen LogP contribution in [0.4, 0.5) is 30.2 Å². The summed E-state index contributed by atoms with van der Waals surface area (Å²) in [5.41, 5.74) is 1.68. The maximum absolute atomic E-state index is 12.8. The predicted octanol–water partition coefficient (Wildman–Crippen LogP) is 5.68. The Morgan fingerprint density at radius 3 is 1.85 bits per heavy atom. The van der Waals surface area contributed by atoms with E-state index in [0.29, 0.717) is 28.2 Å². The number of hydrogen-bond acceptors (Lipinski definition) is 5.